The van der Waals surface area contributed by atoms with E-state index in [0.717, 1.165) is 5.56 Å². The Morgan fingerprint density at radius 2 is 1.89 bits per heavy atom. The molecular weight excluding hydrogens is 232 g/mol. The maximum atomic E-state index is 12.2. The third-order valence-electron chi connectivity index (χ3n) is 3.26. The van der Waals surface area contributed by atoms with Crippen molar-refractivity contribution in [1.29, 1.82) is 0 Å². The second-order valence-electron chi connectivity index (χ2n) is 4.33. The Morgan fingerprint density at radius 3 is 2.33 bits per heavy atom. The molecule has 1 aliphatic heterocycles. The van der Waals surface area contributed by atoms with Gasteiger partial charge in [-0.15, -0.1) is 0 Å². The third-order valence-corrected chi connectivity index (χ3v) is 3.26. The topological polar surface area (TPSA) is 58.6 Å². The van der Waals surface area contributed by atoms with Crippen LogP contribution in [0.2, 0.25) is 0 Å². The van der Waals surface area contributed by atoms with Crippen molar-refractivity contribution in [3.05, 3.63) is 29.8 Å². The van der Waals surface area contributed by atoms with Gasteiger partial charge in [-0.25, -0.2) is 4.79 Å². The number of hydrogen-bond donors (Lipinski definition) is 1. The van der Waals surface area contributed by atoms with E-state index < -0.39 is 5.54 Å². The fraction of sp³-hybridized carbons (Fsp3) is 0.385. The van der Waals surface area contributed by atoms with Crippen LogP contribution in [0.4, 0.5) is 4.79 Å². The number of carbonyl (C=O) groups excluding carboxylic acids is 2. The Hall–Kier alpha value is -2.04. The van der Waals surface area contributed by atoms with E-state index in [0.29, 0.717) is 12.3 Å². The van der Waals surface area contributed by atoms with E-state index in [1.807, 2.05) is 0 Å². The van der Waals surface area contributed by atoms with Crippen LogP contribution in [0.5, 0.6) is 5.75 Å². The van der Waals surface area contributed by atoms with E-state index in [2.05, 4.69) is 5.32 Å². The van der Waals surface area contributed by atoms with Gasteiger partial charge < -0.3 is 10.1 Å². The maximum absolute atomic E-state index is 12.2. The van der Waals surface area contributed by atoms with E-state index in [-0.39, 0.29) is 11.9 Å². The maximum Gasteiger partial charge on any atom is 0.325 e. The Morgan fingerprint density at radius 1 is 1.28 bits per heavy atom. The van der Waals surface area contributed by atoms with E-state index in [9.17, 15) is 9.59 Å². The lowest BCUT2D eigenvalue weighted by Crippen LogP contribution is -2.40. The number of likely N-dealkylation sites (N-methyl/N-ethyl adjacent to an activating group) is 1. The SMILES string of the molecule is CCN1C(=O)NC(C)(c2ccc(OC)cc2)C1=O. The van der Waals surface area contributed by atoms with Crippen LogP contribution in [-0.2, 0) is 10.3 Å². The summed E-state index contributed by atoms with van der Waals surface area (Å²) < 4.78 is 5.07. The number of methoxy groups -OCH3 is 1. The van der Waals surface area contributed by atoms with Crippen molar-refractivity contribution in [2.45, 2.75) is 19.4 Å². The molecule has 1 N–H and O–H groups in total. The highest BCUT2D eigenvalue weighted by Crippen LogP contribution is 2.29. The van der Waals surface area contributed by atoms with Crippen molar-refractivity contribution in [1.82, 2.24) is 10.2 Å². The van der Waals surface area contributed by atoms with Crippen LogP contribution < -0.4 is 10.1 Å². The van der Waals surface area contributed by atoms with Gasteiger partial charge in [0, 0.05) is 6.54 Å². The van der Waals surface area contributed by atoms with Crippen molar-refractivity contribution >= 4 is 11.9 Å². The number of amides is 3. The molecule has 1 aromatic rings. The van der Waals surface area contributed by atoms with Crippen LogP contribution >= 0.6 is 0 Å². The predicted octanol–water partition coefficient (Wildman–Crippen LogP) is 1.48. The van der Waals surface area contributed by atoms with Gasteiger partial charge in [-0.05, 0) is 31.5 Å². The molecular formula is C13H16N2O3. The fourth-order valence-electron chi connectivity index (χ4n) is 2.10. The van der Waals surface area contributed by atoms with E-state index in [4.69, 9.17) is 4.74 Å². The molecule has 0 saturated carbocycles. The second-order valence-corrected chi connectivity index (χ2v) is 4.33. The van der Waals surface area contributed by atoms with Gasteiger partial charge in [0.05, 0.1) is 7.11 Å². The third kappa shape index (κ3) is 1.72. The summed E-state index contributed by atoms with van der Waals surface area (Å²) in [4.78, 5) is 25.1. The van der Waals surface area contributed by atoms with Crippen molar-refractivity contribution in [2.24, 2.45) is 0 Å². The van der Waals surface area contributed by atoms with Crippen molar-refractivity contribution in [3.63, 3.8) is 0 Å². The van der Waals surface area contributed by atoms with Crippen molar-refractivity contribution in [2.75, 3.05) is 13.7 Å². The predicted molar refractivity (Wildman–Crippen MR) is 66.3 cm³/mol. The van der Waals surface area contributed by atoms with Crippen LogP contribution in [-0.4, -0.2) is 30.5 Å². The molecule has 1 atom stereocenters. The summed E-state index contributed by atoms with van der Waals surface area (Å²) >= 11 is 0. The monoisotopic (exact) mass is 248 g/mol. The van der Waals surface area contributed by atoms with E-state index in [1.165, 1.54) is 4.90 Å². The molecule has 1 saturated heterocycles. The number of ether oxygens (including phenoxy) is 1. The zero-order chi connectivity index (χ0) is 13.3. The summed E-state index contributed by atoms with van der Waals surface area (Å²) in [5.41, 5.74) is -0.239. The van der Waals surface area contributed by atoms with Gasteiger partial charge in [0.25, 0.3) is 5.91 Å². The molecule has 5 nitrogen and oxygen atoms in total. The highest BCUT2D eigenvalue weighted by Gasteiger charge is 2.48. The van der Waals surface area contributed by atoms with E-state index >= 15 is 0 Å². The average Bonchev–Trinajstić information content (AvgIpc) is 2.61. The van der Waals surface area contributed by atoms with Gasteiger partial charge in [0.2, 0.25) is 0 Å². The minimum Gasteiger partial charge on any atom is -0.497 e. The molecule has 5 heteroatoms. The van der Waals surface area contributed by atoms with Crippen LogP contribution in [0.15, 0.2) is 24.3 Å². The summed E-state index contributed by atoms with van der Waals surface area (Å²) in [5.74, 6) is 0.492. The molecule has 1 fully saturated rings. The first-order valence-electron chi connectivity index (χ1n) is 5.81. The lowest BCUT2D eigenvalue weighted by molar-refractivity contribution is -0.130. The summed E-state index contributed by atoms with van der Waals surface area (Å²) in [6.45, 7) is 3.86. The van der Waals surface area contributed by atoms with Gasteiger partial charge in [-0.1, -0.05) is 12.1 Å². The summed E-state index contributed by atoms with van der Waals surface area (Å²) in [7, 11) is 1.58. The summed E-state index contributed by atoms with van der Waals surface area (Å²) in [5, 5.41) is 2.73. The minimum atomic E-state index is -0.987. The van der Waals surface area contributed by atoms with Gasteiger partial charge in [0.15, 0.2) is 0 Å². The standard InChI is InChI=1S/C13H16N2O3/c1-4-15-11(16)13(2,14-12(15)17)9-5-7-10(18-3)8-6-9/h5-8H,4H2,1-3H3,(H,14,17). The molecule has 2 rings (SSSR count). The van der Waals surface area contributed by atoms with Crippen LogP contribution in [0, 0.1) is 0 Å². The Labute approximate surface area is 106 Å². The molecule has 0 aromatic heterocycles. The lowest BCUT2D eigenvalue weighted by Gasteiger charge is -2.22. The first-order valence-corrected chi connectivity index (χ1v) is 5.81. The molecule has 1 heterocycles. The largest absolute Gasteiger partial charge is 0.497 e. The van der Waals surface area contributed by atoms with Crippen molar-refractivity contribution in [3.8, 4) is 5.75 Å². The van der Waals surface area contributed by atoms with Crippen LogP contribution in [0.25, 0.3) is 0 Å². The molecule has 0 bridgehead atoms. The van der Waals surface area contributed by atoms with Gasteiger partial charge in [-0.2, -0.15) is 0 Å². The fourth-order valence-corrected chi connectivity index (χ4v) is 2.10. The number of nitrogens with one attached hydrogen (secondary N) is 1. The molecule has 96 valence electrons. The molecule has 0 aliphatic carbocycles. The number of benzene rings is 1. The van der Waals surface area contributed by atoms with E-state index in [1.54, 1.807) is 45.2 Å². The number of imide groups is 1. The second kappa shape index (κ2) is 4.33. The zero-order valence-electron chi connectivity index (χ0n) is 10.7. The smallest absolute Gasteiger partial charge is 0.325 e. The van der Waals surface area contributed by atoms with Crippen LogP contribution in [0.3, 0.4) is 0 Å². The molecule has 0 radical (unpaired) electrons. The first-order chi connectivity index (χ1) is 8.52. The molecule has 18 heavy (non-hydrogen) atoms. The highest BCUT2D eigenvalue weighted by atomic mass is 16.5. The quantitative estimate of drug-likeness (QED) is 0.824. The lowest BCUT2D eigenvalue weighted by atomic mass is 9.92. The van der Waals surface area contributed by atoms with Gasteiger partial charge in [0.1, 0.15) is 11.3 Å². The normalized spacial score (nSPS) is 23.2. The molecule has 0 spiro atoms. The molecule has 1 unspecified atom stereocenters. The van der Waals surface area contributed by atoms with Crippen LogP contribution in [0.1, 0.15) is 19.4 Å². The number of nitrogens with zero attached hydrogens (tertiary/aromatic N) is 1. The molecule has 1 aromatic carbocycles. The minimum absolute atomic E-state index is 0.222. The number of urea groups is 1. The van der Waals surface area contributed by atoms with Gasteiger partial charge >= 0.3 is 6.03 Å². The number of carbonyl (C=O) groups is 2. The molecule has 1 aliphatic rings. The van der Waals surface area contributed by atoms with Gasteiger partial charge in [-0.3, -0.25) is 9.69 Å². The van der Waals surface area contributed by atoms with Crippen molar-refractivity contribution < 1.29 is 14.3 Å². The number of hydrogen-bond acceptors (Lipinski definition) is 3. The Kier molecular flexibility index (Phi) is 2.98. The average molecular weight is 248 g/mol. The highest BCUT2D eigenvalue weighted by molar-refractivity contribution is 6.07. The first kappa shape index (κ1) is 12.4. The molecule has 3 amide bonds. The Bertz CT molecular complexity index is 484. The Balaban J connectivity index is 2.36. The summed E-state index contributed by atoms with van der Waals surface area (Å²) in [6.07, 6.45) is 0. The zero-order valence-corrected chi connectivity index (χ0v) is 10.7. The summed E-state index contributed by atoms with van der Waals surface area (Å²) in [6, 6.07) is 6.77. The number of rotatable bonds is 3.